The number of anilines is 1. The molecule has 3 aromatic rings. The standard InChI is InChI=1S/C23H24N4O3/c1-29-15-11-14(12-16(13-15)30-2)27-21(24)19(20(28)23(27)9-5-6-10-23)22-25-17-7-3-4-8-18(17)26-22/h3-4,7-8,11-13,24,28H,5-6,9-10H2,1-2H3,(H,25,26). The fourth-order valence-corrected chi connectivity index (χ4v) is 4.79. The number of hydrogen-bond acceptors (Lipinski definition) is 5. The van der Waals surface area contributed by atoms with Gasteiger partial charge in [0.25, 0.3) is 0 Å². The van der Waals surface area contributed by atoms with Gasteiger partial charge in [0.05, 0.1) is 36.5 Å². The second-order valence-electron chi connectivity index (χ2n) is 7.82. The number of amidine groups is 1. The molecule has 1 spiro atoms. The molecule has 1 aromatic heterocycles. The molecule has 0 radical (unpaired) electrons. The molecule has 7 nitrogen and oxygen atoms in total. The fraction of sp³-hybridized carbons (Fsp3) is 0.304. The normalized spacial score (nSPS) is 18.1. The molecule has 1 fully saturated rings. The number of H-pyrrole nitrogens is 1. The van der Waals surface area contributed by atoms with Crippen molar-refractivity contribution >= 4 is 28.1 Å². The van der Waals surface area contributed by atoms with Gasteiger partial charge in [-0.05, 0) is 25.0 Å². The third-order valence-electron chi connectivity index (χ3n) is 6.22. The zero-order valence-electron chi connectivity index (χ0n) is 17.0. The van der Waals surface area contributed by atoms with Crippen molar-refractivity contribution in [2.24, 2.45) is 0 Å². The van der Waals surface area contributed by atoms with Crippen molar-refractivity contribution in [2.45, 2.75) is 31.2 Å². The Morgan fingerprint density at radius 2 is 1.73 bits per heavy atom. The van der Waals surface area contributed by atoms with Gasteiger partial charge in [0, 0.05) is 18.2 Å². The fourth-order valence-electron chi connectivity index (χ4n) is 4.79. The highest BCUT2D eigenvalue weighted by molar-refractivity contribution is 6.31. The number of aromatic nitrogens is 2. The summed E-state index contributed by atoms with van der Waals surface area (Å²) >= 11 is 0. The number of fused-ring (bicyclic) bond motifs is 1. The molecule has 0 bridgehead atoms. The van der Waals surface area contributed by atoms with Crippen molar-refractivity contribution < 1.29 is 14.6 Å². The third kappa shape index (κ3) is 2.58. The van der Waals surface area contributed by atoms with Gasteiger partial charge in [0.2, 0.25) is 0 Å². The summed E-state index contributed by atoms with van der Waals surface area (Å²) in [5.74, 6) is 2.24. The molecule has 30 heavy (non-hydrogen) atoms. The molecule has 0 saturated heterocycles. The average Bonchev–Trinajstić information content (AvgIpc) is 3.45. The topological polar surface area (TPSA) is 94.5 Å². The molecule has 2 aliphatic rings. The summed E-state index contributed by atoms with van der Waals surface area (Å²) < 4.78 is 10.9. The van der Waals surface area contributed by atoms with Crippen LogP contribution in [0, 0.1) is 5.41 Å². The van der Waals surface area contributed by atoms with E-state index in [1.807, 2.05) is 41.3 Å². The van der Waals surface area contributed by atoms with Crippen molar-refractivity contribution in [2.75, 3.05) is 19.1 Å². The van der Waals surface area contributed by atoms with Crippen molar-refractivity contribution in [1.29, 1.82) is 5.41 Å². The van der Waals surface area contributed by atoms with E-state index in [4.69, 9.17) is 14.9 Å². The molecule has 154 valence electrons. The van der Waals surface area contributed by atoms with Gasteiger partial charge >= 0.3 is 0 Å². The molecule has 7 heteroatoms. The van der Waals surface area contributed by atoms with Gasteiger partial charge in [-0.25, -0.2) is 4.98 Å². The summed E-state index contributed by atoms with van der Waals surface area (Å²) in [5, 5.41) is 20.5. The minimum Gasteiger partial charge on any atom is -0.509 e. The van der Waals surface area contributed by atoms with Crippen LogP contribution in [-0.4, -0.2) is 40.7 Å². The Hall–Kier alpha value is -3.48. The molecule has 3 N–H and O–H groups in total. The molecule has 0 amide bonds. The van der Waals surface area contributed by atoms with Gasteiger partial charge in [-0.2, -0.15) is 0 Å². The number of nitrogens with zero attached hydrogens (tertiary/aromatic N) is 2. The molecular weight excluding hydrogens is 380 g/mol. The van der Waals surface area contributed by atoms with E-state index in [1.165, 1.54) is 0 Å². The quantitative estimate of drug-likeness (QED) is 0.588. The molecule has 5 rings (SSSR count). The summed E-state index contributed by atoms with van der Waals surface area (Å²) in [4.78, 5) is 9.85. The highest BCUT2D eigenvalue weighted by Crippen LogP contribution is 2.51. The molecular formula is C23H24N4O3. The van der Waals surface area contributed by atoms with Gasteiger partial charge in [0.1, 0.15) is 34.5 Å². The van der Waals surface area contributed by atoms with Crippen LogP contribution in [0.1, 0.15) is 31.5 Å². The molecule has 1 aliphatic carbocycles. The van der Waals surface area contributed by atoms with E-state index < -0.39 is 5.54 Å². The predicted octanol–water partition coefficient (Wildman–Crippen LogP) is 4.66. The zero-order valence-corrected chi connectivity index (χ0v) is 17.0. The van der Waals surface area contributed by atoms with Crippen molar-refractivity contribution in [3.63, 3.8) is 0 Å². The lowest BCUT2D eigenvalue weighted by Crippen LogP contribution is -2.46. The summed E-state index contributed by atoms with van der Waals surface area (Å²) in [5.41, 5.74) is 2.25. The largest absolute Gasteiger partial charge is 0.509 e. The van der Waals surface area contributed by atoms with E-state index >= 15 is 0 Å². The van der Waals surface area contributed by atoms with Crippen LogP contribution in [0.5, 0.6) is 11.5 Å². The Morgan fingerprint density at radius 1 is 1.07 bits per heavy atom. The van der Waals surface area contributed by atoms with Gasteiger partial charge in [-0.1, -0.05) is 25.0 Å². The van der Waals surface area contributed by atoms with E-state index in [1.54, 1.807) is 20.3 Å². The van der Waals surface area contributed by atoms with Gasteiger partial charge in [-0.15, -0.1) is 0 Å². The maximum Gasteiger partial charge on any atom is 0.145 e. The van der Waals surface area contributed by atoms with Crippen LogP contribution >= 0.6 is 0 Å². The number of methoxy groups -OCH3 is 2. The Kier molecular flexibility index (Phi) is 4.20. The SMILES string of the molecule is COc1cc(OC)cc(N2C(=N)C(c3nc4ccccc4[nH]3)=C(O)C23CCCC3)c1. The Balaban J connectivity index is 1.68. The van der Waals surface area contributed by atoms with Crippen LogP contribution < -0.4 is 14.4 Å². The first-order chi connectivity index (χ1) is 14.6. The first-order valence-electron chi connectivity index (χ1n) is 10.1. The summed E-state index contributed by atoms with van der Waals surface area (Å²) in [6.45, 7) is 0. The van der Waals surface area contributed by atoms with Crippen LogP contribution in [-0.2, 0) is 0 Å². The molecule has 0 atom stereocenters. The van der Waals surface area contributed by atoms with Crippen molar-refractivity contribution in [1.82, 2.24) is 9.97 Å². The average molecular weight is 404 g/mol. The van der Waals surface area contributed by atoms with Gasteiger partial charge in [0.15, 0.2) is 0 Å². The second kappa shape index (κ2) is 6.79. The Morgan fingerprint density at radius 3 is 2.37 bits per heavy atom. The van der Waals surface area contributed by atoms with E-state index in [2.05, 4.69) is 9.97 Å². The predicted molar refractivity (Wildman–Crippen MR) is 117 cm³/mol. The third-order valence-corrected chi connectivity index (χ3v) is 6.22. The lowest BCUT2D eigenvalue weighted by molar-refractivity contribution is 0.308. The van der Waals surface area contributed by atoms with Crippen LogP contribution in [0.4, 0.5) is 5.69 Å². The van der Waals surface area contributed by atoms with Crippen LogP contribution in [0.3, 0.4) is 0 Å². The number of ether oxygens (including phenoxy) is 2. The first-order valence-corrected chi connectivity index (χ1v) is 10.1. The molecule has 1 aliphatic heterocycles. The lowest BCUT2D eigenvalue weighted by atomic mass is 9.93. The van der Waals surface area contributed by atoms with E-state index in [-0.39, 0.29) is 11.6 Å². The van der Waals surface area contributed by atoms with Crippen LogP contribution in [0.2, 0.25) is 0 Å². The van der Waals surface area contributed by atoms with Crippen molar-refractivity contribution in [3.8, 4) is 11.5 Å². The van der Waals surface area contributed by atoms with Gasteiger partial charge in [-0.3, -0.25) is 5.41 Å². The number of para-hydroxylation sites is 2. The van der Waals surface area contributed by atoms with E-state index in [9.17, 15) is 5.11 Å². The maximum atomic E-state index is 11.4. The Bertz CT molecular complexity index is 1120. The van der Waals surface area contributed by atoms with E-state index in [0.717, 1.165) is 42.4 Å². The number of aromatic amines is 1. The highest BCUT2D eigenvalue weighted by atomic mass is 16.5. The number of benzene rings is 2. The summed E-state index contributed by atoms with van der Waals surface area (Å²) in [6.07, 6.45) is 3.51. The van der Waals surface area contributed by atoms with E-state index in [0.29, 0.717) is 22.9 Å². The highest BCUT2D eigenvalue weighted by Gasteiger charge is 2.53. The molecule has 2 aromatic carbocycles. The van der Waals surface area contributed by atoms with Gasteiger partial charge < -0.3 is 24.5 Å². The summed E-state index contributed by atoms with van der Waals surface area (Å²) in [7, 11) is 3.21. The number of nitrogens with one attached hydrogen (secondary N) is 2. The monoisotopic (exact) mass is 404 g/mol. The number of aliphatic hydroxyl groups is 1. The number of imidazole rings is 1. The number of rotatable bonds is 4. The van der Waals surface area contributed by atoms with Crippen molar-refractivity contribution in [3.05, 3.63) is 54.0 Å². The lowest BCUT2D eigenvalue weighted by Gasteiger charge is -2.37. The first kappa shape index (κ1) is 18.5. The molecule has 0 unspecified atom stereocenters. The second-order valence-corrected chi connectivity index (χ2v) is 7.82. The smallest absolute Gasteiger partial charge is 0.145 e. The summed E-state index contributed by atoms with van der Waals surface area (Å²) in [6, 6.07) is 13.3. The minimum absolute atomic E-state index is 0.214. The van der Waals surface area contributed by atoms with Crippen LogP contribution in [0.15, 0.2) is 48.2 Å². The van der Waals surface area contributed by atoms with Crippen LogP contribution in [0.25, 0.3) is 16.6 Å². The minimum atomic E-state index is -0.650. The molecule has 2 heterocycles. The maximum absolute atomic E-state index is 11.4. The Labute approximate surface area is 174 Å². The number of hydrogen-bond donors (Lipinski definition) is 3. The zero-order chi connectivity index (χ0) is 20.9. The molecule has 1 saturated carbocycles. The number of aliphatic hydroxyl groups excluding tert-OH is 1.